The van der Waals surface area contributed by atoms with Gasteiger partial charge in [-0.3, -0.25) is 19.5 Å². The number of hydrogen-bond acceptors (Lipinski definition) is 7. The molecule has 0 atom stereocenters. The molecule has 0 aliphatic rings. The molecule has 2 N–H and O–H groups in total. The van der Waals surface area contributed by atoms with E-state index in [2.05, 4.69) is 25.3 Å². The highest BCUT2D eigenvalue weighted by Gasteiger charge is 2.17. The van der Waals surface area contributed by atoms with Gasteiger partial charge in [-0.2, -0.15) is 5.26 Å². The molecule has 0 spiro atoms. The number of benzene rings is 1. The second kappa shape index (κ2) is 16.8. The van der Waals surface area contributed by atoms with E-state index in [1.807, 2.05) is 33.8 Å². The van der Waals surface area contributed by atoms with Gasteiger partial charge in [-0.05, 0) is 44.5 Å². The number of amides is 2. The summed E-state index contributed by atoms with van der Waals surface area (Å²) in [6.45, 7) is 10.2. The van der Waals surface area contributed by atoms with E-state index in [0.29, 0.717) is 59.9 Å². The van der Waals surface area contributed by atoms with Gasteiger partial charge in [0, 0.05) is 52.3 Å². The van der Waals surface area contributed by atoms with Crippen molar-refractivity contribution < 1.29 is 19.1 Å². The topological polar surface area (TPSA) is 131 Å². The van der Waals surface area contributed by atoms with Crippen molar-refractivity contribution in [3.8, 4) is 6.07 Å². The minimum atomic E-state index is -0.389. The van der Waals surface area contributed by atoms with E-state index in [4.69, 9.17) is 10.00 Å². The summed E-state index contributed by atoms with van der Waals surface area (Å²) in [6.07, 6.45) is 2.18. The van der Waals surface area contributed by atoms with Gasteiger partial charge in [-0.25, -0.2) is 9.97 Å². The molecule has 36 heavy (non-hydrogen) atoms. The van der Waals surface area contributed by atoms with Crippen LogP contribution in [0.5, 0.6) is 0 Å². The summed E-state index contributed by atoms with van der Waals surface area (Å²) in [5, 5.41) is 14.6. The van der Waals surface area contributed by atoms with Crippen LogP contribution in [-0.4, -0.2) is 60.3 Å². The van der Waals surface area contributed by atoms with Gasteiger partial charge in [-0.15, -0.1) is 0 Å². The second-order valence-corrected chi connectivity index (χ2v) is 7.08. The lowest BCUT2D eigenvalue weighted by molar-refractivity contribution is 0.0954. The molecule has 0 saturated heterocycles. The monoisotopic (exact) mass is 496 g/mol. The van der Waals surface area contributed by atoms with Crippen LogP contribution in [0.3, 0.4) is 0 Å². The molecule has 0 unspecified atom stereocenters. The average molecular weight is 497 g/mol. The Morgan fingerprint density at radius 3 is 2.42 bits per heavy atom. The fourth-order valence-electron chi connectivity index (χ4n) is 2.98. The van der Waals surface area contributed by atoms with E-state index in [9.17, 15) is 9.59 Å². The predicted octanol–water partition coefficient (Wildman–Crippen LogP) is 4.02. The van der Waals surface area contributed by atoms with Gasteiger partial charge in [0.05, 0.1) is 17.2 Å². The first-order valence-electron chi connectivity index (χ1n) is 11.9. The van der Waals surface area contributed by atoms with Crippen LogP contribution in [0.4, 0.5) is 5.95 Å². The zero-order valence-electron chi connectivity index (χ0n) is 21.9. The lowest BCUT2D eigenvalue weighted by atomic mass is 10.1. The molecular formula is C26H36N6O4. The average Bonchev–Trinajstić information content (AvgIpc) is 3.26. The molecule has 0 fully saturated rings. The Balaban J connectivity index is 0.000000982. The number of rotatable bonds is 9. The van der Waals surface area contributed by atoms with Gasteiger partial charge >= 0.3 is 0 Å². The Kier molecular flexibility index (Phi) is 14.1. The van der Waals surface area contributed by atoms with Crippen molar-refractivity contribution in [2.75, 3.05) is 39.3 Å². The lowest BCUT2D eigenvalue weighted by Gasteiger charge is -2.09. The highest BCUT2D eigenvalue weighted by atomic mass is 16.5. The number of anilines is 1. The minimum absolute atomic E-state index is 0.236. The largest absolute Gasteiger partial charge is 0.385 e. The summed E-state index contributed by atoms with van der Waals surface area (Å²) < 4.78 is 11.4. The standard InChI is InChI=1S/C21H22N6O3.C3H8O.C2H6/c1-3-23-19(28)16-11-17-18(24-13-16)27(8-5-9-30-2)21(25-17)26-20(29)15-7-4-6-14(10-15)12-22;1-3-4-2;1-2/h4,6-7,10-11,13H,3,5,8-9H2,1-2H3,(H,23,28)(H,25,26,29);3H2,1-2H3;1-2H3. The van der Waals surface area contributed by atoms with Crippen LogP contribution in [0.25, 0.3) is 11.2 Å². The van der Waals surface area contributed by atoms with Crippen molar-refractivity contribution in [1.82, 2.24) is 19.9 Å². The molecule has 2 heterocycles. The molecule has 194 valence electrons. The maximum atomic E-state index is 12.7. The lowest BCUT2D eigenvalue weighted by Crippen LogP contribution is -2.22. The molecule has 1 aromatic carbocycles. The first kappa shape index (κ1) is 30.2. The third-order valence-electron chi connectivity index (χ3n) is 4.68. The van der Waals surface area contributed by atoms with Gasteiger partial charge in [0.2, 0.25) is 5.95 Å². The van der Waals surface area contributed by atoms with E-state index in [1.165, 1.54) is 12.3 Å². The van der Waals surface area contributed by atoms with E-state index >= 15 is 0 Å². The molecule has 0 aliphatic heterocycles. The SMILES string of the molecule is CC.CCNC(=O)c1cnc2c(c1)nc(NC(=O)c1cccc(C#N)c1)n2CCCOC.CCOC. The molecule has 0 saturated carbocycles. The number of fused-ring (bicyclic) bond motifs is 1. The number of nitrogens with zero attached hydrogens (tertiary/aromatic N) is 4. The number of carbonyl (C=O) groups is 2. The zero-order chi connectivity index (χ0) is 26.9. The van der Waals surface area contributed by atoms with E-state index in [-0.39, 0.29) is 11.8 Å². The number of methoxy groups -OCH3 is 2. The normalized spacial score (nSPS) is 9.81. The van der Waals surface area contributed by atoms with E-state index < -0.39 is 0 Å². The fourth-order valence-corrected chi connectivity index (χ4v) is 2.98. The van der Waals surface area contributed by atoms with Crippen LogP contribution in [0.15, 0.2) is 36.5 Å². The number of nitrogens with one attached hydrogen (secondary N) is 2. The smallest absolute Gasteiger partial charge is 0.258 e. The molecule has 10 heteroatoms. The quantitative estimate of drug-likeness (QED) is 0.428. The van der Waals surface area contributed by atoms with E-state index in [1.54, 1.807) is 43.1 Å². The van der Waals surface area contributed by atoms with Crippen LogP contribution >= 0.6 is 0 Å². The number of ether oxygens (including phenoxy) is 2. The third-order valence-corrected chi connectivity index (χ3v) is 4.68. The highest BCUT2D eigenvalue weighted by Crippen LogP contribution is 2.20. The molecule has 0 aliphatic carbocycles. The van der Waals surface area contributed by atoms with Gasteiger partial charge in [0.15, 0.2) is 5.65 Å². The van der Waals surface area contributed by atoms with E-state index in [0.717, 1.165) is 6.61 Å². The molecular weight excluding hydrogens is 460 g/mol. The van der Waals surface area contributed by atoms with Crippen molar-refractivity contribution >= 4 is 28.9 Å². The number of imidazole rings is 1. The number of aromatic nitrogens is 3. The van der Waals surface area contributed by atoms with Crippen molar-refractivity contribution in [2.45, 2.75) is 40.7 Å². The highest BCUT2D eigenvalue weighted by molar-refractivity contribution is 6.04. The van der Waals surface area contributed by atoms with Crippen molar-refractivity contribution in [2.24, 2.45) is 0 Å². The summed E-state index contributed by atoms with van der Waals surface area (Å²) in [5.41, 5.74) is 2.19. The first-order chi connectivity index (χ1) is 17.5. The molecule has 0 radical (unpaired) electrons. The van der Waals surface area contributed by atoms with Crippen molar-refractivity contribution in [3.63, 3.8) is 0 Å². The fraction of sp³-hybridized carbons (Fsp3) is 0.423. The zero-order valence-corrected chi connectivity index (χ0v) is 21.9. The van der Waals surface area contributed by atoms with Crippen LogP contribution < -0.4 is 10.6 Å². The van der Waals surface area contributed by atoms with Crippen LogP contribution in [0.1, 0.15) is 60.4 Å². The van der Waals surface area contributed by atoms with Crippen LogP contribution in [0, 0.1) is 11.3 Å². The molecule has 3 aromatic rings. The molecule has 3 rings (SSSR count). The minimum Gasteiger partial charge on any atom is -0.385 e. The Morgan fingerprint density at radius 1 is 1.08 bits per heavy atom. The molecule has 2 amide bonds. The van der Waals surface area contributed by atoms with Gasteiger partial charge in [0.1, 0.15) is 5.52 Å². The third kappa shape index (κ3) is 8.76. The Bertz CT molecular complexity index is 1150. The molecule has 2 aromatic heterocycles. The number of pyridine rings is 1. The first-order valence-corrected chi connectivity index (χ1v) is 11.9. The number of hydrogen-bond donors (Lipinski definition) is 2. The van der Waals surface area contributed by atoms with Crippen molar-refractivity contribution in [3.05, 3.63) is 53.2 Å². The van der Waals surface area contributed by atoms with Gasteiger partial charge < -0.3 is 14.8 Å². The number of carbonyl (C=O) groups excluding carboxylic acids is 2. The van der Waals surface area contributed by atoms with Gasteiger partial charge in [0.25, 0.3) is 11.8 Å². The molecule has 0 bridgehead atoms. The Labute approximate surface area is 212 Å². The maximum Gasteiger partial charge on any atom is 0.258 e. The summed E-state index contributed by atoms with van der Waals surface area (Å²) in [7, 11) is 3.30. The summed E-state index contributed by atoms with van der Waals surface area (Å²) in [5.74, 6) is -0.312. The van der Waals surface area contributed by atoms with Gasteiger partial charge in [-0.1, -0.05) is 19.9 Å². The number of nitriles is 1. The predicted molar refractivity (Wildman–Crippen MR) is 140 cm³/mol. The summed E-state index contributed by atoms with van der Waals surface area (Å²) in [4.78, 5) is 33.7. The Morgan fingerprint density at radius 2 is 1.81 bits per heavy atom. The number of aryl methyl sites for hydroxylation is 1. The van der Waals surface area contributed by atoms with Crippen LogP contribution in [0.2, 0.25) is 0 Å². The summed E-state index contributed by atoms with van der Waals surface area (Å²) in [6, 6.07) is 10.1. The van der Waals surface area contributed by atoms with Crippen molar-refractivity contribution in [1.29, 1.82) is 5.26 Å². The molecule has 10 nitrogen and oxygen atoms in total. The van der Waals surface area contributed by atoms with Crippen LogP contribution in [-0.2, 0) is 16.0 Å². The summed E-state index contributed by atoms with van der Waals surface area (Å²) >= 11 is 0. The maximum absolute atomic E-state index is 12.7. The second-order valence-electron chi connectivity index (χ2n) is 7.08. The Hall–Kier alpha value is -3.81.